The van der Waals surface area contributed by atoms with E-state index in [0.29, 0.717) is 16.5 Å². The topological polar surface area (TPSA) is 72.7 Å². The van der Waals surface area contributed by atoms with Crippen LogP contribution in [-0.4, -0.2) is 25.9 Å². The maximum atomic E-state index is 12.4. The van der Waals surface area contributed by atoms with E-state index in [4.69, 9.17) is 0 Å². The average molecular weight is 327 g/mol. The average Bonchev–Trinajstić information content (AvgIpc) is 3.11. The smallest absolute Gasteiger partial charge is 0.279 e. The van der Waals surface area contributed by atoms with Crippen molar-refractivity contribution in [3.63, 3.8) is 0 Å². The first kappa shape index (κ1) is 15.4. The molecule has 6 nitrogen and oxygen atoms in total. The first-order valence-electron chi connectivity index (χ1n) is 7.35. The van der Waals surface area contributed by atoms with Gasteiger partial charge in [0.25, 0.3) is 5.91 Å². The van der Waals surface area contributed by atoms with Crippen LogP contribution in [0.15, 0.2) is 30.3 Å². The highest BCUT2D eigenvalue weighted by atomic mass is 32.1. The van der Waals surface area contributed by atoms with E-state index in [1.165, 1.54) is 16.1 Å². The summed E-state index contributed by atoms with van der Waals surface area (Å²) in [5.41, 5.74) is 2.71. The van der Waals surface area contributed by atoms with Crippen LogP contribution in [0, 0.1) is 13.8 Å². The van der Waals surface area contributed by atoms with Gasteiger partial charge in [0.05, 0.1) is 17.1 Å². The van der Waals surface area contributed by atoms with Gasteiger partial charge in [-0.2, -0.15) is 9.90 Å². The molecule has 1 amide bonds. The zero-order chi connectivity index (χ0) is 16.4. The molecule has 0 saturated carbocycles. The Hall–Kier alpha value is -2.54. The zero-order valence-corrected chi connectivity index (χ0v) is 14.0. The Morgan fingerprint density at radius 3 is 2.61 bits per heavy atom. The van der Waals surface area contributed by atoms with E-state index in [-0.39, 0.29) is 5.91 Å². The van der Waals surface area contributed by atoms with Gasteiger partial charge in [0.1, 0.15) is 0 Å². The summed E-state index contributed by atoms with van der Waals surface area (Å²) in [6, 6.07) is 9.50. The summed E-state index contributed by atoms with van der Waals surface area (Å²) >= 11 is 1.47. The van der Waals surface area contributed by atoms with Crippen molar-refractivity contribution in [2.24, 2.45) is 0 Å². The van der Waals surface area contributed by atoms with Crippen LogP contribution in [0.5, 0.6) is 0 Å². The molecule has 7 heteroatoms. The minimum Gasteiger partial charge on any atom is -0.296 e. The van der Waals surface area contributed by atoms with Gasteiger partial charge < -0.3 is 0 Å². The van der Waals surface area contributed by atoms with Crippen LogP contribution in [0.25, 0.3) is 5.69 Å². The molecule has 23 heavy (non-hydrogen) atoms. The van der Waals surface area contributed by atoms with Crippen molar-refractivity contribution in [2.45, 2.75) is 27.2 Å². The number of hydrogen-bond donors (Lipinski definition) is 1. The van der Waals surface area contributed by atoms with Gasteiger partial charge in [-0.15, -0.1) is 16.4 Å². The number of aromatic nitrogens is 4. The van der Waals surface area contributed by atoms with Gasteiger partial charge in [0.2, 0.25) is 0 Å². The highest BCUT2D eigenvalue weighted by Crippen LogP contribution is 2.23. The lowest BCUT2D eigenvalue weighted by atomic mass is 10.3. The molecule has 0 radical (unpaired) electrons. The molecule has 0 fully saturated rings. The summed E-state index contributed by atoms with van der Waals surface area (Å²) in [5.74, 6) is -0.291. The van der Waals surface area contributed by atoms with E-state index in [0.717, 1.165) is 22.7 Å². The second-order valence-electron chi connectivity index (χ2n) is 5.09. The summed E-state index contributed by atoms with van der Waals surface area (Å²) in [6.07, 6.45) is 0.849. The molecule has 3 aromatic rings. The monoisotopic (exact) mass is 327 g/mol. The Bertz CT molecular complexity index is 838. The largest absolute Gasteiger partial charge is 0.296 e. The Balaban J connectivity index is 1.84. The number of para-hydroxylation sites is 1. The lowest BCUT2D eigenvalue weighted by Crippen LogP contribution is -2.14. The fourth-order valence-corrected chi connectivity index (χ4v) is 3.13. The number of aryl methyl sites for hydroxylation is 3. The van der Waals surface area contributed by atoms with Crippen LogP contribution in [0.1, 0.15) is 33.7 Å². The molecule has 0 aliphatic rings. The third-order valence-electron chi connectivity index (χ3n) is 3.43. The fourth-order valence-electron chi connectivity index (χ4n) is 2.23. The van der Waals surface area contributed by atoms with Crippen molar-refractivity contribution in [3.8, 4) is 5.69 Å². The zero-order valence-electron chi connectivity index (χ0n) is 13.2. The van der Waals surface area contributed by atoms with Crippen LogP contribution in [-0.2, 0) is 6.42 Å². The second kappa shape index (κ2) is 6.29. The van der Waals surface area contributed by atoms with E-state index in [2.05, 4.69) is 20.5 Å². The van der Waals surface area contributed by atoms with Crippen molar-refractivity contribution in [1.82, 2.24) is 20.0 Å². The number of thiazole rings is 1. The van der Waals surface area contributed by atoms with Gasteiger partial charge in [0.15, 0.2) is 10.8 Å². The highest BCUT2D eigenvalue weighted by Gasteiger charge is 2.18. The van der Waals surface area contributed by atoms with Crippen molar-refractivity contribution in [2.75, 3.05) is 5.32 Å². The van der Waals surface area contributed by atoms with Crippen LogP contribution >= 0.6 is 11.3 Å². The van der Waals surface area contributed by atoms with Gasteiger partial charge in [0, 0.05) is 4.88 Å². The van der Waals surface area contributed by atoms with Gasteiger partial charge in [-0.25, -0.2) is 4.98 Å². The number of anilines is 1. The standard InChI is InChI=1S/C16H17N5OS/c1-4-13-11(3)23-16(17-13)18-15(22)14-10(2)19-21(20-14)12-8-6-5-7-9-12/h5-9H,4H2,1-3H3,(H,17,18,22). The lowest BCUT2D eigenvalue weighted by molar-refractivity contribution is 0.102. The molecule has 1 N–H and O–H groups in total. The molecule has 0 saturated heterocycles. The van der Waals surface area contributed by atoms with Crippen molar-refractivity contribution in [1.29, 1.82) is 0 Å². The van der Waals surface area contributed by atoms with E-state index >= 15 is 0 Å². The van der Waals surface area contributed by atoms with Crippen LogP contribution in [0.2, 0.25) is 0 Å². The minimum absolute atomic E-state index is 0.291. The quantitative estimate of drug-likeness (QED) is 0.799. The minimum atomic E-state index is -0.291. The Kier molecular flexibility index (Phi) is 4.20. The lowest BCUT2D eigenvalue weighted by Gasteiger charge is -1.99. The molecule has 118 valence electrons. The summed E-state index contributed by atoms with van der Waals surface area (Å²) in [4.78, 5) is 19.4. The van der Waals surface area contributed by atoms with Crippen molar-refractivity contribution in [3.05, 3.63) is 52.3 Å². The first-order valence-corrected chi connectivity index (χ1v) is 8.17. The molecule has 2 aromatic heterocycles. The Morgan fingerprint density at radius 2 is 1.96 bits per heavy atom. The normalized spacial score (nSPS) is 10.7. The van der Waals surface area contributed by atoms with Gasteiger partial charge in [-0.3, -0.25) is 10.1 Å². The highest BCUT2D eigenvalue weighted by molar-refractivity contribution is 7.15. The van der Waals surface area contributed by atoms with E-state index in [1.807, 2.05) is 44.2 Å². The van der Waals surface area contributed by atoms with Crippen LogP contribution in [0.4, 0.5) is 5.13 Å². The first-order chi connectivity index (χ1) is 11.1. The van der Waals surface area contributed by atoms with Gasteiger partial charge in [-0.05, 0) is 32.4 Å². The molecule has 0 spiro atoms. The number of amides is 1. The molecule has 0 bridgehead atoms. The number of rotatable bonds is 4. The molecule has 3 rings (SSSR count). The summed E-state index contributed by atoms with van der Waals surface area (Å²) in [5, 5.41) is 12.0. The van der Waals surface area contributed by atoms with Gasteiger partial charge >= 0.3 is 0 Å². The number of nitrogens with one attached hydrogen (secondary N) is 1. The number of carbonyl (C=O) groups is 1. The fraction of sp³-hybridized carbons (Fsp3) is 0.250. The van der Waals surface area contributed by atoms with Crippen LogP contribution < -0.4 is 5.32 Å². The predicted octanol–water partition coefficient (Wildman–Crippen LogP) is 3.16. The SMILES string of the molecule is CCc1nc(NC(=O)c2nn(-c3ccccc3)nc2C)sc1C. The van der Waals surface area contributed by atoms with Crippen molar-refractivity contribution >= 4 is 22.4 Å². The van der Waals surface area contributed by atoms with Crippen LogP contribution in [0.3, 0.4) is 0 Å². The van der Waals surface area contributed by atoms with E-state index < -0.39 is 0 Å². The molecular weight excluding hydrogens is 310 g/mol. The van der Waals surface area contributed by atoms with E-state index in [9.17, 15) is 4.79 Å². The number of carbonyl (C=O) groups excluding carboxylic acids is 1. The van der Waals surface area contributed by atoms with E-state index in [1.54, 1.807) is 6.92 Å². The maximum Gasteiger partial charge on any atom is 0.279 e. The Labute approximate surface area is 138 Å². The molecule has 0 aliphatic heterocycles. The molecule has 0 unspecified atom stereocenters. The molecule has 2 heterocycles. The third kappa shape index (κ3) is 3.14. The molecule has 0 atom stereocenters. The maximum absolute atomic E-state index is 12.4. The summed E-state index contributed by atoms with van der Waals surface area (Å²) in [6.45, 7) is 5.82. The van der Waals surface area contributed by atoms with Gasteiger partial charge in [-0.1, -0.05) is 25.1 Å². The third-order valence-corrected chi connectivity index (χ3v) is 4.36. The summed E-state index contributed by atoms with van der Waals surface area (Å²) < 4.78 is 0. The molecular formula is C16H17N5OS. The number of hydrogen-bond acceptors (Lipinski definition) is 5. The summed E-state index contributed by atoms with van der Waals surface area (Å²) in [7, 11) is 0. The molecule has 0 aliphatic carbocycles. The van der Waals surface area contributed by atoms with Crippen molar-refractivity contribution < 1.29 is 4.79 Å². The predicted molar refractivity (Wildman–Crippen MR) is 90.3 cm³/mol. The number of nitrogens with zero attached hydrogens (tertiary/aromatic N) is 4. The Morgan fingerprint density at radius 1 is 1.22 bits per heavy atom. The molecule has 1 aromatic carbocycles. The second-order valence-corrected chi connectivity index (χ2v) is 6.29. The number of benzene rings is 1.